The molecule has 3 heterocycles. The lowest BCUT2D eigenvalue weighted by Gasteiger charge is -2.33. The fourth-order valence-electron chi connectivity index (χ4n) is 4.16. The van der Waals surface area contributed by atoms with Crippen molar-refractivity contribution in [3.8, 4) is 0 Å². The third-order valence-electron chi connectivity index (χ3n) is 5.59. The topological polar surface area (TPSA) is 47.7 Å². The van der Waals surface area contributed by atoms with Gasteiger partial charge in [-0.05, 0) is 37.0 Å². The molecule has 146 valence electrons. The second kappa shape index (κ2) is 8.50. The number of ether oxygens (including phenoxy) is 2. The highest BCUT2D eigenvalue weighted by Crippen LogP contribution is 2.27. The SMILES string of the molecule is Cc1cc(C[C@@H]2COC[C@H]2N(Cc2ccc(F)cc2)C[C@H]2CCOC2)on1. The maximum absolute atomic E-state index is 13.3. The minimum Gasteiger partial charge on any atom is -0.381 e. The first-order valence-electron chi connectivity index (χ1n) is 9.73. The van der Waals surface area contributed by atoms with E-state index in [-0.39, 0.29) is 5.82 Å². The van der Waals surface area contributed by atoms with E-state index < -0.39 is 0 Å². The monoisotopic (exact) mass is 374 g/mol. The number of nitrogens with zero attached hydrogens (tertiary/aromatic N) is 2. The lowest BCUT2D eigenvalue weighted by atomic mass is 9.95. The maximum atomic E-state index is 13.3. The molecule has 2 fully saturated rings. The van der Waals surface area contributed by atoms with Gasteiger partial charge in [-0.3, -0.25) is 4.90 Å². The Hall–Kier alpha value is -1.76. The lowest BCUT2D eigenvalue weighted by Crippen LogP contribution is -2.43. The normalized spacial score (nSPS) is 25.5. The summed E-state index contributed by atoms with van der Waals surface area (Å²) in [4.78, 5) is 2.49. The number of hydrogen-bond donors (Lipinski definition) is 0. The average molecular weight is 374 g/mol. The van der Waals surface area contributed by atoms with Crippen LogP contribution >= 0.6 is 0 Å². The Morgan fingerprint density at radius 3 is 2.70 bits per heavy atom. The molecule has 2 saturated heterocycles. The highest BCUT2D eigenvalue weighted by atomic mass is 19.1. The van der Waals surface area contributed by atoms with Crippen molar-refractivity contribution >= 4 is 0 Å². The van der Waals surface area contributed by atoms with Crippen molar-refractivity contribution in [3.05, 3.63) is 53.2 Å². The third kappa shape index (κ3) is 4.75. The summed E-state index contributed by atoms with van der Waals surface area (Å²) in [6.07, 6.45) is 1.92. The molecule has 1 aromatic carbocycles. The quantitative estimate of drug-likeness (QED) is 0.745. The molecule has 2 aliphatic rings. The van der Waals surface area contributed by atoms with Gasteiger partial charge in [0.25, 0.3) is 0 Å². The first-order chi connectivity index (χ1) is 13.2. The summed E-state index contributed by atoms with van der Waals surface area (Å²) in [6.45, 7) is 6.80. The van der Waals surface area contributed by atoms with Crippen LogP contribution in [0.15, 0.2) is 34.9 Å². The van der Waals surface area contributed by atoms with E-state index >= 15 is 0 Å². The van der Waals surface area contributed by atoms with Crippen molar-refractivity contribution in [1.29, 1.82) is 0 Å². The van der Waals surface area contributed by atoms with Crippen LogP contribution in [0.1, 0.15) is 23.4 Å². The molecule has 0 saturated carbocycles. The summed E-state index contributed by atoms with van der Waals surface area (Å²) in [7, 11) is 0. The van der Waals surface area contributed by atoms with Crippen LogP contribution in [0.25, 0.3) is 0 Å². The minimum absolute atomic E-state index is 0.197. The summed E-state index contributed by atoms with van der Waals surface area (Å²) < 4.78 is 30.2. The van der Waals surface area contributed by atoms with Crippen molar-refractivity contribution < 1.29 is 18.4 Å². The van der Waals surface area contributed by atoms with Gasteiger partial charge in [0.15, 0.2) is 0 Å². The van der Waals surface area contributed by atoms with Crippen LogP contribution in [0.2, 0.25) is 0 Å². The highest BCUT2D eigenvalue weighted by molar-refractivity contribution is 5.16. The third-order valence-corrected chi connectivity index (χ3v) is 5.59. The van der Waals surface area contributed by atoms with E-state index in [1.165, 1.54) is 12.1 Å². The summed E-state index contributed by atoms with van der Waals surface area (Å²) in [5.41, 5.74) is 2.03. The molecule has 2 aromatic rings. The minimum atomic E-state index is -0.197. The molecular formula is C21H27FN2O3. The van der Waals surface area contributed by atoms with Gasteiger partial charge < -0.3 is 14.0 Å². The number of rotatable bonds is 7. The van der Waals surface area contributed by atoms with Crippen molar-refractivity contribution in [3.63, 3.8) is 0 Å². The van der Waals surface area contributed by atoms with Gasteiger partial charge in [-0.2, -0.15) is 0 Å². The predicted octanol–water partition coefficient (Wildman–Crippen LogP) is 3.22. The summed E-state index contributed by atoms with van der Waals surface area (Å²) in [6, 6.07) is 9.12. The zero-order valence-electron chi connectivity index (χ0n) is 15.8. The molecular weight excluding hydrogens is 347 g/mol. The van der Waals surface area contributed by atoms with Crippen molar-refractivity contribution in [2.75, 3.05) is 33.0 Å². The van der Waals surface area contributed by atoms with Crippen LogP contribution in [-0.2, 0) is 22.4 Å². The average Bonchev–Trinajstić information content (AvgIpc) is 3.40. The zero-order chi connectivity index (χ0) is 18.6. The molecule has 0 radical (unpaired) electrons. The van der Waals surface area contributed by atoms with Gasteiger partial charge >= 0.3 is 0 Å². The Balaban J connectivity index is 1.49. The van der Waals surface area contributed by atoms with E-state index in [0.29, 0.717) is 24.5 Å². The zero-order valence-corrected chi connectivity index (χ0v) is 15.8. The fraction of sp³-hybridized carbons (Fsp3) is 0.571. The van der Waals surface area contributed by atoms with E-state index in [9.17, 15) is 4.39 Å². The molecule has 4 rings (SSSR count). The molecule has 0 bridgehead atoms. The number of aryl methyl sites for hydroxylation is 1. The Morgan fingerprint density at radius 1 is 1.15 bits per heavy atom. The number of hydrogen-bond acceptors (Lipinski definition) is 5. The molecule has 5 nitrogen and oxygen atoms in total. The summed E-state index contributed by atoms with van der Waals surface area (Å²) in [5.74, 6) is 1.62. The van der Waals surface area contributed by atoms with Crippen LogP contribution < -0.4 is 0 Å². The molecule has 6 heteroatoms. The molecule has 0 aliphatic carbocycles. The van der Waals surface area contributed by atoms with E-state index in [2.05, 4.69) is 10.1 Å². The Kier molecular flexibility index (Phi) is 5.86. The maximum Gasteiger partial charge on any atom is 0.137 e. The standard InChI is InChI=1S/C21H27FN2O3/c1-15-8-20(27-23-15)9-18-13-26-14-21(18)24(11-17-6-7-25-12-17)10-16-2-4-19(22)5-3-16/h2-5,8,17-18,21H,6-7,9-14H2,1H3/t17-,18-,21-/m1/s1. The fourth-order valence-corrected chi connectivity index (χ4v) is 4.16. The van der Waals surface area contributed by atoms with Crippen LogP contribution in [0.3, 0.4) is 0 Å². The van der Waals surface area contributed by atoms with Gasteiger partial charge in [0.05, 0.1) is 25.5 Å². The summed E-state index contributed by atoms with van der Waals surface area (Å²) >= 11 is 0. The molecule has 27 heavy (non-hydrogen) atoms. The Bertz CT molecular complexity index is 727. The van der Waals surface area contributed by atoms with Crippen LogP contribution in [0, 0.1) is 24.6 Å². The van der Waals surface area contributed by atoms with Gasteiger partial charge in [0, 0.05) is 44.1 Å². The Morgan fingerprint density at radius 2 is 2.00 bits per heavy atom. The number of aromatic nitrogens is 1. The van der Waals surface area contributed by atoms with Crippen molar-refractivity contribution in [2.45, 2.75) is 32.4 Å². The first kappa shape index (κ1) is 18.6. The largest absolute Gasteiger partial charge is 0.381 e. The molecule has 1 aromatic heterocycles. The smallest absolute Gasteiger partial charge is 0.137 e. The van der Waals surface area contributed by atoms with Gasteiger partial charge in [-0.15, -0.1) is 0 Å². The second-order valence-corrected chi connectivity index (χ2v) is 7.79. The van der Waals surface area contributed by atoms with Crippen molar-refractivity contribution in [2.24, 2.45) is 11.8 Å². The number of halogens is 1. The van der Waals surface area contributed by atoms with Crippen LogP contribution in [0.4, 0.5) is 4.39 Å². The Labute approximate surface area is 159 Å². The second-order valence-electron chi connectivity index (χ2n) is 7.79. The highest BCUT2D eigenvalue weighted by Gasteiger charge is 2.35. The van der Waals surface area contributed by atoms with Gasteiger partial charge in [0.2, 0.25) is 0 Å². The van der Waals surface area contributed by atoms with Gasteiger partial charge in [-0.25, -0.2) is 4.39 Å². The van der Waals surface area contributed by atoms with Crippen LogP contribution in [-0.4, -0.2) is 49.1 Å². The lowest BCUT2D eigenvalue weighted by molar-refractivity contribution is 0.108. The van der Waals surface area contributed by atoms with E-state index in [1.54, 1.807) is 0 Å². The van der Waals surface area contributed by atoms with Crippen LogP contribution in [0.5, 0.6) is 0 Å². The van der Waals surface area contributed by atoms with Gasteiger partial charge in [0.1, 0.15) is 11.6 Å². The van der Waals surface area contributed by atoms with Crippen molar-refractivity contribution in [1.82, 2.24) is 10.1 Å². The number of benzene rings is 1. The predicted molar refractivity (Wildman–Crippen MR) is 98.8 cm³/mol. The van der Waals surface area contributed by atoms with Gasteiger partial charge in [-0.1, -0.05) is 17.3 Å². The molecule has 3 atom stereocenters. The molecule has 0 unspecified atom stereocenters. The molecule has 0 N–H and O–H groups in total. The van der Waals surface area contributed by atoms with E-state index in [0.717, 1.165) is 62.8 Å². The first-order valence-corrected chi connectivity index (χ1v) is 9.73. The molecule has 0 amide bonds. The van der Waals surface area contributed by atoms with E-state index in [1.807, 2.05) is 25.1 Å². The molecule has 0 spiro atoms. The van der Waals surface area contributed by atoms with E-state index in [4.69, 9.17) is 14.0 Å². The molecule has 2 aliphatic heterocycles. The summed E-state index contributed by atoms with van der Waals surface area (Å²) in [5, 5.41) is 4.01.